The first-order valence-electron chi connectivity index (χ1n) is 9.53. The summed E-state index contributed by atoms with van der Waals surface area (Å²) in [4.78, 5) is 0. The summed E-state index contributed by atoms with van der Waals surface area (Å²) in [5.74, 6) is 4.51. The van der Waals surface area contributed by atoms with E-state index in [4.69, 9.17) is 14.2 Å². The van der Waals surface area contributed by atoms with Gasteiger partial charge in [-0.2, -0.15) is 0 Å². The number of epoxide rings is 1. The Morgan fingerprint density at radius 3 is 2.33 bits per heavy atom. The van der Waals surface area contributed by atoms with Gasteiger partial charge in [-0.05, 0) is 74.5 Å². The zero-order chi connectivity index (χ0) is 16.8. The SMILES string of the molecule is Cc1c2c(c3c4c1[C@H]([C@H]1OC1(C)C)C[C@H](C)[C@H]4CC[C@@H]3C)OCO2. The lowest BCUT2D eigenvalue weighted by Gasteiger charge is -2.43. The van der Waals surface area contributed by atoms with E-state index in [9.17, 15) is 0 Å². The van der Waals surface area contributed by atoms with Crippen LogP contribution >= 0.6 is 0 Å². The largest absolute Gasteiger partial charge is 0.453 e. The Labute approximate surface area is 144 Å². The topological polar surface area (TPSA) is 31.0 Å². The highest BCUT2D eigenvalue weighted by atomic mass is 16.7. The van der Waals surface area contributed by atoms with Crippen molar-refractivity contribution >= 4 is 0 Å². The average molecular weight is 328 g/mol. The number of ether oxygens (including phenoxy) is 3. The van der Waals surface area contributed by atoms with Crippen molar-refractivity contribution in [2.45, 2.75) is 83.3 Å². The highest BCUT2D eigenvalue weighted by Gasteiger charge is 2.56. The second-order valence-electron chi connectivity index (χ2n) is 8.98. The summed E-state index contributed by atoms with van der Waals surface area (Å²) in [6.07, 6.45) is 4.15. The molecule has 4 aliphatic rings. The van der Waals surface area contributed by atoms with Crippen LogP contribution in [0.3, 0.4) is 0 Å². The average Bonchev–Trinajstić information content (AvgIpc) is 2.95. The van der Waals surface area contributed by atoms with Gasteiger partial charge in [0, 0.05) is 11.5 Å². The zero-order valence-corrected chi connectivity index (χ0v) is 15.4. The second kappa shape index (κ2) is 4.69. The molecule has 0 aromatic heterocycles. The molecule has 2 aliphatic carbocycles. The molecule has 2 heterocycles. The Balaban J connectivity index is 1.77. The Hall–Kier alpha value is -1.22. The van der Waals surface area contributed by atoms with Crippen molar-refractivity contribution in [1.82, 2.24) is 0 Å². The molecule has 0 N–H and O–H groups in total. The maximum atomic E-state index is 6.10. The first kappa shape index (κ1) is 15.1. The second-order valence-corrected chi connectivity index (χ2v) is 8.98. The molecule has 0 spiro atoms. The quantitative estimate of drug-likeness (QED) is 0.679. The molecule has 1 aromatic carbocycles. The Morgan fingerprint density at radius 2 is 1.62 bits per heavy atom. The highest BCUT2D eigenvalue weighted by Crippen LogP contribution is 2.61. The molecule has 24 heavy (non-hydrogen) atoms. The molecular weight excluding hydrogens is 300 g/mol. The molecular formula is C21H28O3. The minimum atomic E-state index is 0.0210. The minimum Gasteiger partial charge on any atom is -0.453 e. The van der Waals surface area contributed by atoms with Crippen LogP contribution in [0, 0.1) is 12.8 Å². The van der Waals surface area contributed by atoms with Crippen molar-refractivity contribution in [1.29, 1.82) is 0 Å². The third kappa shape index (κ3) is 1.82. The lowest BCUT2D eigenvalue weighted by Crippen LogP contribution is -2.31. The van der Waals surface area contributed by atoms with Gasteiger partial charge in [0.2, 0.25) is 6.79 Å². The predicted molar refractivity (Wildman–Crippen MR) is 93.2 cm³/mol. The number of rotatable bonds is 1. The van der Waals surface area contributed by atoms with E-state index in [1.807, 2.05) is 0 Å². The van der Waals surface area contributed by atoms with E-state index >= 15 is 0 Å². The monoisotopic (exact) mass is 328 g/mol. The van der Waals surface area contributed by atoms with Gasteiger partial charge in [0.25, 0.3) is 0 Å². The maximum Gasteiger partial charge on any atom is 0.231 e. The molecule has 3 nitrogen and oxygen atoms in total. The third-order valence-electron chi connectivity index (χ3n) is 7.06. The summed E-state index contributed by atoms with van der Waals surface area (Å²) >= 11 is 0. The summed E-state index contributed by atoms with van der Waals surface area (Å²) < 4.78 is 18.0. The van der Waals surface area contributed by atoms with Crippen LogP contribution in [0.2, 0.25) is 0 Å². The van der Waals surface area contributed by atoms with Crippen LogP contribution in [0.25, 0.3) is 0 Å². The molecule has 0 amide bonds. The van der Waals surface area contributed by atoms with Crippen molar-refractivity contribution in [3.05, 3.63) is 22.3 Å². The molecule has 3 heteroatoms. The van der Waals surface area contributed by atoms with Crippen LogP contribution in [-0.2, 0) is 4.74 Å². The van der Waals surface area contributed by atoms with Crippen molar-refractivity contribution in [3.63, 3.8) is 0 Å². The number of fused-ring (bicyclic) bond motifs is 2. The Kier molecular flexibility index (Phi) is 2.94. The summed E-state index contributed by atoms with van der Waals surface area (Å²) in [5.41, 5.74) is 5.93. The van der Waals surface area contributed by atoms with Gasteiger partial charge in [-0.3, -0.25) is 0 Å². The first-order valence-corrected chi connectivity index (χ1v) is 9.53. The van der Waals surface area contributed by atoms with Crippen LogP contribution < -0.4 is 9.47 Å². The molecule has 1 saturated heterocycles. The molecule has 2 aliphatic heterocycles. The molecule has 1 fully saturated rings. The Bertz CT molecular complexity index is 721. The number of benzene rings is 1. The number of hydrogen-bond donors (Lipinski definition) is 0. The fraction of sp³-hybridized carbons (Fsp3) is 0.714. The summed E-state index contributed by atoms with van der Waals surface area (Å²) in [6.45, 7) is 11.9. The van der Waals surface area contributed by atoms with Crippen molar-refractivity contribution < 1.29 is 14.2 Å². The van der Waals surface area contributed by atoms with Gasteiger partial charge in [-0.25, -0.2) is 0 Å². The molecule has 0 saturated carbocycles. The van der Waals surface area contributed by atoms with Crippen molar-refractivity contribution in [2.75, 3.05) is 6.79 Å². The van der Waals surface area contributed by atoms with Gasteiger partial charge < -0.3 is 14.2 Å². The third-order valence-corrected chi connectivity index (χ3v) is 7.06. The molecule has 0 radical (unpaired) electrons. The maximum absolute atomic E-state index is 6.10. The van der Waals surface area contributed by atoms with E-state index in [1.54, 1.807) is 11.1 Å². The molecule has 5 atom stereocenters. The molecule has 0 bridgehead atoms. The molecule has 0 unspecified atom stereocenters. The molecule has 1 aromatic rings. The fourth-order valence-corrected chi connectivity index (χ4v) is 5.82. The van der Waals surface area contributed by atoms with E-state index in [2.05, 4.69) is 34.6 Å². The smallest absolute Gasteiger partial charge is 0.231 e. The lowest BCUT2D eigenvalue weighted by atomic mass is 9.61. The summed E-state index contributed by atoms with van der Waals surface area (Å²) in [5, 5.41) is 0. The van der Waals surface area contributed by atoms with E-state index in [0.717, 1.165) is 11.5 Å². The van der Waals surface area contributed by atoms with Gasteiger partial charge in [-0.15, -0.1) is 0 Å². The molecule has 130 valence electrons. The van der Waals surface area contributed by atoms with E-state index in [-0.39, 0.29) is 5.60 Å². The van der Waals surface area contributed by atoms with Gasteiger partial charge in [0.05, 0.1) is 11.7 Å². The highest BCUT2D eigenvalue weighted by molar-refractivity contribution is 5.65. The standard InChI is InChI=1S/C21H28O3/c1-10-6-7-13-11(2)8-14(20-21(4,5)24-20)16-12(3)18-19(23-9-22-18)15(10)17(13)16/h10-11,13-14,20H,6-9H2,1-5H3/t10-,11-,13+,14+,20+/m0/s1. The lowest BCUT2D eigenvalue weighted by molar-refractivity contribution is 0.172. The van der Waals surface area contributed by atoms with Crippen molar-refractivity contribution in [2.24, 2.45) is 5.92 Å². The van der Waals surface area contributed by atoms with Crippen LogP contribution in [0.1, 0.15) is 87.0 Å². The van der Waals surface area contributed by atoms with Crippen LogP contribution in [-0.4, -0.2) is 18.5 Å². The Morgan fingerprint density at radius 1 is 0.917 bits per heavy atom. The van der Waals surface area contributed by atoms with Gasteiger partial charge in [0.15, 0.2) is 11.5 Å². The number of hydrogen-bond acceptors (Lipinski definition) is 3. The van der Waals surface area contributed by atoms with E-state index < -0.39 is 0 Å². The van der Waals surface area contributed by atoms with E-state index in [0.29, 0.717) is 36.6 Å². The first-order chi connectivity index (χ1) is 11.4. The van der Waals surface area contributed by atoms with E-state index in [1.165, 1.54) is 30.4 Å². The summed E-state index contributed by atoms with van der Waals surface area (Å²) in [6, 6.07) is 0. The van der Waals surface area contributed by atoms with Crippen molar-refractivity contribution in [3.8, 4) is 11.5 Å². The molecule has 5 rings (SSSR count). The van der Waals surface area contributed by atoms with Gasteiger partial charge in [0.1, 0.15) is 0 Å². The van der Waals surface area contributed by atoms with Crippen LogP contribution in [0.5, 0.6) is 11.5 Å². The van der Waals surface area contributed by atoms with Gasteiger partial charge in [-0.1, -0.05) is 13.8 Å². The minimum absolute atomic E-state index is 0.0210. The summed E-state index contributed by atoms with van der Waals surface area (Å²) in [7, 11) is 0. The zero-order valence-electron chi connectivity index (χ0n) is 15.4. The van der Waals surface area contributed by atoms with Crippen LogP contribution in [0.15, 0.2) is 0 Å². The predicted octanol–water partition coefficient (Wildman–Crippen LogP) is 5.01. The fourth-order valence-electron chi connectivity index (χ4n) is 5.82. The normalized spacial score (nSPS) is 38.0. The van der Waals surface area contributed by atoms with Gasteiger partial charge >= 0.3 is 0 Å². The van der Waals surface area contributed by atoms with Crippen LogP contribution in [0.4, 0.5) is 0 Å².